The fourth-order valence-corrected chi connectivity index (χ4v) is 4.24. The first-order valence-electron chi connectivity index (χ1n) is 8.36. The molecule has 2 aliphatic rings. The summed E-state index contributed by atoms with van der Waals surface area (Å²) in [7, 11) is 0. The van der Waals surface area contributed by atoms with Gasteiger partial charge in [-0.3, -0.25) is 0 Å². The van der Waals surface area contributed by atoms with Gasteiger partial charge < -0.3 is 10.5 Å². The molecule has 0 amide bonds. The van der Waals surface area contributed by atoms with Gasteiger partial charge in [0.05, 0.1) is 6.10 Å². The Morgan fingerprint density at radius 1 is 1.21 bits per heavy atom. The molecule has 2 rings (SSSR count). The second-order valence-corrected chi connectivity index (χ2v) is 7.70. The van der Waals surface area contributed by atoms with Gasteiger partial charge in [0.15, 0.2) is 0 Å². The van der Waals surface area contributed by atoms with E-state index >= 15 is 0 Å². The standard InChI is InChI=1S/C17H33NO/c1-13-8-9-15(16(18)12-13)17(2,3)10-4-6-14-7-5-11-19-14/h13-16H,4-12,18H2,1-3H3. The third-order valence-electron chi connectivity index (χ3n) is 5.54. The lowest BCUT2D eigenvalue weighted by atomic mass is 9.65. The van der Waals surface area contributed by atoms with E-state index < -0.39 is 0 Å². The van der Waals surface area contributed by atoms with Gasteiger partial charge in [0.1, 0.15) is 0 Å². The first-order chi connectivity index (χ1) is 8.99. The summed E-state index contributed by atoms with van der Waals surface area (Å²) in [4.78, 5) is 0. The number of rotatable bonds is 5. The molecule has 0 radical (unpaired) electrons. The Hall–Kier alpha value is -0.0800. The molecule has 112 valence electrons. The third-order valence-corrected chi connectivity index (χ3v) is 5.54. The summed E-state index contributed by atoms with van der Waals surface area (Å²) in [5.74, 6) is 1.54. The molecule has 0 bridgehead atoms. The fraction of sp³-hybridized carbons (Fsp3) is 1.00. The van der Waals surface area contributed by atoms with Gasteiger partial charge in [-0.2, -0.15) is 0 Å². The molecule has 0 aromatic carbocycles. The minimum absolute atomic E-state index is 0.401. The first kappa shape index (κ1) is 15.3. The molecular formula is C17H33NO. The maximum Gasteiger partial charge on any atom is 0.0576 e. The minimum atomic E-state index is 0.401. The lowest BCUT2D eigenvalue weighted by Crippen LogP contribution is -2.43. The highest BCUT2D eigenvalue weighted by molar-refractivity contribution is 4.90. The van der Waals surface area contributed by atoms with Gasteiger partial charge in [-0.05, 0) is 55.8 Å². The molecular weight excluding hydrogens is 234 g/mol. The van der Waals surface area contributed by atoms with E-state index in [0.29, 0.717) is 23.5 Å². The van der Waals surface area contributed by atoms with Gasteiger partial charge in [-0.15, -0.1) is 0 Å². The molecule has 1 aliphatic heterocycles. The average molecular weight is 267 g/mol. The lowest BCUT2D eigenvalue weighted by molar-refractivity contribution is 0.0799. The molecule has 1 aliphatic carbocycles. The van der Waals surface area contributed by atoms with Crippen molar-refractivity contribution in [1.29, 1.82) is 0 Å². The Balaban J connectivity index is 1.76. The predicted molar refractivity (Wildman–Crippen MR) is 81.1 cm³/mol. The number of hydrogen-bond donors (Lipinski definition) is 1. The van der Waals surface area contributed by atoms with Crippen molar-refractivity contribution in [3.05, 3.63) is 0 Å². The van der Waals surface area contributed by atoms with Crippen LogP contribution in [0.25, 0.3) is 0 Å². The van der Waals surface area contributed by atoms with Gasteiger partial charge in [0.25, 0.3) is 0 Å². The molecule has 2 N–H and O–H groups in total. The van der Waals surface area contributed by atoms with Gasteiger partial charge >= 0.3 is 0 Å². The van der Waals surface area contributed by atoms with Crippen LogP contribution >= 0.6 is 0 Å². The molecule has 1 saturated heterocycles. The Labute approximate surface area is 119 Å². The summed E-state index contributed by atoms with van der Waals surface area (Å²) >= 11 is 0. The third kappa shape index (κ3) is 4.19. The van der Waals surface area contributed by atoms with E-state index in [2.05, 4.69) is 20.8 Å². The van der Waals surface area contributed by atoms with E-state index in [1.54, 1.807) is 0 Å². The molecule has 0 aromatic rings. The monoisotopic (exact) mass is 267 g/mol. The summed E-state index contributed by atoms with van der Waals surface area (Å²) in [6.45, 7) is 8.20. The van der Waals surface area contributed by atoms with E-state index in [0.717, 1.165) is 12.5 Å². The van der Waals surface area contributed by atoms with Crippen LogP contribution in [-0.2, 0) is 4.74 Å². The van der Waals surface area contributed by atoms with Crippen LogP contribution in [0.5, 0.6) is 0 Å². The topological polar surface area (TPSA) is 35.2 Å². The maximum absolute atomic E-state index is 6.42. The molecule has 2 heteroatoms. The van der Waals surface area contributed by atoms with E-state index in [4.69, 9.17) is 10.5 Å². The number of hydrogen-bond acceptors (Lipinski definition) is 2. The largest absolute Gasteiger partial charge is 0.378 e. The Kier molecular flexibility index (Phi) is 5.30. The van der Waals surface area contributed by atoms with Crippen molar-refractivity contribution in [2.24, 2.45) is 23.0 Å². The fourth-order valence-electron chi connectivity index (χ4n) is 4.24. The maximum atomic E-state index is 6.42. The van der Waals surface area contributed by atoms with Crippen LogP contribution in [0.4, 0.5) is 0 Å². The van der Waals surface area contributed by atoms with Crippen LogP contribution in [0.3, 0.4) is 0 Å². The molecule has 4 atom stereocenters. The highest BCUT2D eigenvalue weighted by Crippen LogP contribution is 2.42. The van der Waals surface area contributed by atoms with E-state index in [1.807, 2.05) is 0 Å². The second kappa shape index (κ2) is 6.58. The predicted octanol–water partition coefficient (Wildman–Crippen LogP) is 4.13. The van der Waals surface area contributed by atoms with E-state index in [-0.39, 0.29) is 0 Å². The SMILES string of the molecule is CC1CCC(C(C)(C)CCCC2CCCO2)C(N)C1. The van der Waals surface area contributed by atoms with Crippen molar-refractivity contribution in [3.8, 4) is 0 Å². The summed E-state index contributed by atoms with van der Waals surface area (Å²) in [5.41, 5.74) is 6.83. The quantitative estimate of drug-likeness (QED) is 0.813. The van der Waals surface area contributed by atoms with Crippen molar-refractivity contribution in [2.75, 3.05) is 6.61 Å². The van der Waals surface area contributed by atoms with Crippen molar-refractivity contribution in [1.82, 2.24) is 0 Å². The van der Waals surface area contributed by atoms with Crippen molar-refractivity contribution >= 4 is 0 Å². The van der Waals surface area contributed by atoms with Crippen molar-refractivity contribution in [3.63, 3.8) is 0 Å². The zero-order valence-corrected chi connectivity index (χ0v) is 13.2. The molecule has 1 saturated carbocycles. The molecule has 2 nitrogen and oxygen atoms in total. The highest BCUT2D eigenvalue weighted by atomic mass is 16.5. The first-order valence-corrected chi connectivity index (χ1v) is 8.36. The van der Waals surface area contributed by atoms with Crippen molar-refractivity contribution in [2.45, 2.75) is 84.3 Å². The van der Waals surface area contributed by atoms with E-state index in [1.165, 1.54) is 51.4 Å². The summed E-state index contributed by atoms with van der Waals surface area (Å²) in [5, 5.41) is 0. The average Bonchev–Trinajstić information content (AvgIpc) is 2.81. The van der Waals surface area contributed by atoms with Crippen LogP contribution in [-0.4, -0.2) is 18.8 Å². The van der Waals surface area contributed by atoms with Gasteiger partial charge in [-0.25, -0.2) is 0 Å². The number of ether oxygens (including phenoxy) is 1. The zero-order chi connectivity index (χ0) is 13.9. The van der Waals surface area contributed by atoms with Gasteiger partial charge in [-0.1, -0.05) is 33.6 Å². The smallest absolute Gasteiger partial charge is 0.0576 e. The Morgan fingerprint density at radius 3 is 2.63 bits per heavy atom. The Morgan fingerprint density at radius 2 is 2.00 bits per heavy atom. The lowest BCUT2D eigenvalue weighted by Gasteiger charge is -2.43. The second-order valence-electron chi connectivity index (χ2n) is 7.70. The minimum Gasteiger partial charge on any atom is -0.378 e. The summed E-state index contributed by atoms with van der Waals surface area (Å²) in [6, 6.07) is 0.418. The normalized spacial score (nSPS) is 36.6. The molecule has 0 aromatic heterocycles. The molecule has 1 heterocycles. The van der Waals surface area contributed by atoms with Crippen LogP contribution in [0.1, 0.15) is 72.1 Å². The van der Waals surface area contributed by atoms with Crippen LogP contribution in [0.15, 0.2) is 0 Å². The summed E-state index contributed by atoms with van der Waals surface area (Å²) < 4.78 is 5.72. The molecule has 19 heavy (non-hydrogen) atoms. The van der Waals surface area contributed by atoms with Crippen LogP contribution in [0, 0.1) is 17.3 Å². The molecule has 4 unspecified atom stereocenters. The Bertz CT molecular complexity index is 270. The van der Waals surface area contributed by atoms with Crippen molar-refractivity contribution < 1.29 is 4.74 Å². The number of nitrogens with two attached hydrogens (primary N) is 1. The van der Waals surface area contributed by atoms with Gasteiger partial charge in [0.2, 0.25) is 0 Å². The van der Waals surface area contributed by atoms with Crippen LogP contribution < -0.4 is 5.73 Å². The highest BCUT2D eigenvalue weighted by Gasteiger charge is 2.36. The van der Waals surface area contributed by atoms with E-state index in [9.17, 15) is 0 Å². The molecule has 2 fully saturated rings. The van der Waals surface area contributed by atoms with Gasteiger partial charge in [0, 0.05) is 12.6 Å². The molecule has 0 spiro atoms. The summed E-state index contributed by atoms with van der Waals surface area (Å²) in [6.07, 6.45) is 10.9. The zero-order valence-electron chi connectivity index (χ0n) is 13.2. The van der Waals surface area contributed by atoms with Crippen LogP contribution in [0.2, 0.25) is 0 Å².